The zero-order chi connectivity index (χ0) is 24.8. The molecular weight excluding hydrogens is 442 g/mol. The molecule has 6 nitrogen and oxygen atoms in total. The lowest BCUT2D eigenvalue weighted by atomic mass is 9.45. The van der Waals surface area contributed by atoms with Gasteiger partial charge in [0.2, 0.25) is 0 Å². The van der Waals surface area contributed by atoms with E-state index in [1.54, 1.807) is 0 Å². The minimum atomic E-state index is -1.54. The summed E-state index contributed by atoms with van der Waals surface area (Å²) in [5.74, 6) is 0.0347. The van der Waals surface area contributed by atoms with Gasteiger partial charge in [-0.1, -0.05) is 54.9 Å². The first-order valence-electron chi connectivity index (χ1n) is 13.2. The molecule has 35 heavy (non-hydrogen) atoms. The molecule has 3 saturated carbocycles. The number of hydrogen-bond donors (Lipinski definition) is 3. The molecule has 1 aromatic rings. The summed E-state index contributed by atoms with van der Waals surface area (Å²) in [6.45, 7) is 4.15. The molecule has 0 saturated heterocycles. The topological polar surface area (TPSA) is 99.4 Å². The Balaban J connectivity index is 1.32. The molecule has 0 spiro atoms. The second-order valence-corrected chi connectivity index (χ2v) is 11.7. The number of oxime groups is 1. The van der Waals surface area contributed by atoms with Gasteiger partial charge in [0.15, 0.2) is 5.78 Å². The van der Waals surface area contributed by atoms with Crippen LogP contribution in [0.5, 0.6) is 0 Å². The van der Waals surface area contributed by atoms with Crippen molar-refractivity contribution in [1.29, 1.82) is 0 Å². The number of Topliss-reactive ketones (excluding diaryl/α,β-unsaturated/α-hetero) is 1. The van der Waals surface area contributed by atoms with Crippen LogP contribution in [0.4, 0.5) is 0 Å². The molecule has 0 aromatic heterocycles. The Bertz CT molecular complexity index is 1020. The maximum Gasteiger partial charge on any atom is 0.190 e. The van der Waals surface area contributed by atoms with Gasteiger partial charge in [-0.2, -0.15) is 0 Å². The van der Waals surface area contributed by atoms with Crippen LogP contribution in [-0.2, 0) is 16.1 Å². The summed E-state index contributed by atoms with van der Waals surface area (Å²) in [4.78, 5) is 18.2. The molecule has 1 aromatic carbocycles. The van der Waals surface area contributed by atoms with Gasteiger partial charge in [-0.3, -0.25) is 4.79 Å². The number of aliphatic hydroxyl groups is 3. The van der Waals surface area contributed by atoms with E-state index in [4.69, 9.17) is 4.84 Å². The molecule has 6 heteroatoms. The number of carbonyl (C=O) groups excluding carboxylic acids is 1. The van der Waals surface area contributed by atoms with Gasteiger partial charge in [-0.25, -0.2) is 0 Å². The number of ketones is 1. The summed E-state index contributed by atoms with van der Waals surface area (Å²) in [6, 6.07) is 10.3. The number of fused-ring (bicyclic) bond motifs is 5. The van der Waals surface area contributed by atoms with Gasteiger partial charge in [-0.05, 0) is 79.8 Å². The molecule has 0 radical (unpaired) electrons. The van der Waals surface area contributed by atoms with E-state index in [2.05, 4.69) is 30.3 Å². The van der Waals surface area contributed by atoms with Crippen molar-refractivity contribution >= 4 is 11.5 Å². The molecule has 0 unspecified atom stereocenters. The third-order valence-electron chi connectivity index (χ3n) is 10.2. The van der Waals surface area contributed by atoms with Gasteiger partial charge in [0, 0.05) is 11.8 Å². The van der Waals surface area contributed by atoms with Gasteiger partial charge in [-0.15, -0.1) is 0 Å². The van der Waals surface area contributed by atoms with Crippen molar-refractivity contribution in [2.75, 3.05) is 13.2 Å². The standard InChI is InChI=1S/C29H39NO5/c1-27-13-10-21(30-35-15-12-19-6-4-3-5-7-19)16-20(27)8-9-22-23-11-14-29(34,25(33)18-31)28(23,2)17-24(32)26(22)27/h3-7,16,22-24,26,31-32,34H,8-15,17-18H2,1-2H3/b30-21+/t22-,23-,24-,26+,27-,28-,29-/m0/s1. The van der Waals surface area contributed by atoms with Crippen LogP contribution in [0.25, 0.3) is 0 Å². The number of allylic oxidation sites excluding steroid dienone is 2. The Morgan fingerprint density at radius 2 is 1.91 bits per heavy atom. The van der Waals surface area contributed by atoms with Crippen molar-refractivity contribution in [3.05, 3.63) is 47.5 Å². The average molecular weight is 482 g/mol. The van der Waals surface area contributed by atoms with E-state index in [-0.39, 0.29) is 23.2 Å². The van der Waals surface area contributed by atoms with E-state index in [1.807, 2.05) is 25.1 Å². The number of rotatable bonds is 6. The fraction of sp³-hybridized carbons (Fsp3) is 0.655. The van der Waals surface area contributed by atoms with Gasteiger partial charge < -0.3 is 20.2 Å². The van der Waals surface area contributed by atoms with Crippen LogP contribution in [-0.4, -0.2) is 51.7 Å². The third-order valence-corrected chi connectivity index (χ3v) is 10.2. The highest BCUT2D eigenvalue weighted by molar-refractivity contribution is 5.96. The van der Waals surface area contributed by atoms with Crippen molar-refractivity contribution in [3.8, 4) is 0 Å². The molecule has 3 fully saturated rings. The van der Waals surface area contributed by atoms with Crippen LogP contribution in [0.3, 0.4) is 0 Å². The maximum absolute atomic E-state index is 12.6. The molecule has 4 aliphatic carbocycles. The number of hydrogen-bond acceptors (Lipinski definition) is 6. The first kappa shape index (κ1) is 24.7. The summed E-state index contributed by atoms with van der Waals surface area (Å²) >= 11 is 0. The monoisotopic (exact) mass is 481 g/mol. The van der Waals surface area contributed by atoms with E-state index in [9.17, 15) is 20.1 Å². The van der Waals surface area contributed by atoms with Crippen molar-refractivity contribution in [1.82, 2.24) is 0 Å². The van der Waals surface area contributed by atoms with Gasteiger partial charge in [0.05, 0.1) is 11.8 Å². The highest BCUT2D eigenvalue weighted by atomic mass is 16.6. The van der Waals surface area contributed by atoms with E-state index in [0.29, 0.717) is 19.4 Å². The molecule has 5 rings (SSSR count). The average Bonchev–Trinajstić information content (AvgIpc) is 3.12. The number of nitrogens with zero attached hydrogens (tertiary/aromatic N) is 1. The lowest BCUT2D eigenvalue weighted by Gasteiger charge is -2.60. The molecule has 0 heterocycles. The van der Waals surface area contributed by atoms with Crippen LogP contribution in [0.15, 0.2) is 47.1 Å². The summed E-state index contributed by atoms with van der Waals surface area (Å²) in [7, 11) is 0. The Hall–Kier alpha value is -2.02. The predicted molar refractivity (Wildman–Crippen MR) is 134 cm³/mol. The SMILES string of the molecule is C[C@]12CC/C(=N\OCCc3ccccc3)C=C1CC[C@@H]1[C@@H]2[C@@H](O)C[C@@]2(C)[C@H]1CC[C@]2(O)C(=O)CO. The molecular formula is C29H39NO5. The minimum absolute atomic E-state index is 0.104. The summed E-state index contributed by atoms with van der Waals surface area (Å²) in [6.07, 6.45) is 7.58. The van der Waals surface area contributed by atoms with Crippen LogP contribution in [0.2, 0.25) is 0 Å². The molecule has 0 bridgehead atoms. The Morgan fingerprint density at radius 3 is 2.66 bits per heavy atom. The van der Waals surface area contributed by atoms with Crippen LogP contribution >= 0.6 is 0 Å². The zero-order valence-electron chi connectivity index (χ0n) is 20.9. The highest BCUT2D eigenvalue weighted by Gasteiger charge is 2.68. The lowest BCUT2D eigenvalue weighted by molar-refractivity contribution is -0.181. The summed E-state index contributed by atoms with van der Waals surface area (Å²) in [5, 5.41) is 36.8. The molecule has 190 valence electrons. The Kier molecular flexibility index (Phi) is 6.43. The van der Waals surface area contributed by atoms with E-state index in [1.165, 1.54) is 11.1 Å². The van der Waals surface area contributed by atoms with Gasteiger partial charge in [0.1, 0.15) is 18.8 Å². The fourth-order valence-corrected chi connectivity index (χ4v) is 8.30. The number of aliphatic hydroxyl groups excluding tert-OH is 2. The predicted octanol–water partition coefficient (Wildman–Crippen LogP) is 3.83. The number of benzene rings is 1. The van der Waals surface area contributed by atoms with Crippen LogP contribution in [0.1, 0.15) is 64.4 Å². The van der Waals surface area contributed by atoms with E-state index >= 15 is 0 Å². The Morgan fingerprint density at radius 1 is 1.14 bits per heavy atom. The van der Waals surface area contributed by atoms with Gasteiger partial charge in [0.25, 0.3) is 0 Å². The quantitative estimate of drug-likeness (QED) is 0.424. The first-order chi connectivity index (χ1) is 16.7. The third kappa shape index (κ3) is 3.89. The largest absolute Gasteiger partial charge is 0.395 e. The normalized spacial score (nSPS) is 41.5. The van der Waals surface area contributed by atoms with Crippen LogP contribution in [0, 0.1) is 28.6 Å². The Labute approximate surface area is 208 Å². The van der Waals surface area contributed by atoms with Crippen molar-refractivity contribution in [2.24, 2.45) is 33.7 Å². The van der Waals surface area contributed by atoms with E-state index in [0.717, 1.165) is 44.2 Å². The van der Waals surface area contributed by atoms with Gasteiger partial charge >= 0.3 is 0 Å². The summed E-state index contributed by atoms with van der Waals surface area (Å²) in [5.41, 5.74) is 1.20. The minimum Gasteiger partial charge on any atom is -0.395 e. The molecule has 0 aliphatic heterocycles. The lowest BCUT2D eigenvalue weighted by Crippen LogP contribution is -2.62. The molecule has 0 amide bonds. The number of carbonyl (C=O) groups is 1. The first-order valence-corrected chi connectivity index (χ1v) is 13.2. The van der Waals surface area contributed by atoms with E-state index < -0.39 is 29.5 Å². The molecule has 3 N–H and O–H groups in total. The maximum atomic E-state index is 12.6. The molecule has 4 aliphatic rings. The smallest absolute Gasteiger partial charge is 0.190 e. The fourth-order valence-electron chi connectivity index (χ4n) is 8.30. The van der Waals surface area contributed by atoms with Crippen molar-refractivity contribution in [3.63, 3.8) is 0 Å². The summed E-state index contributed by atoms with van der Waals surface area (Å²) < 4.78 is 0. The van der Waals surface area contributed by atoms with Crippen molar-refractivity contribution < 1.29 is 25.0 Å². The molecule has 7 atom stereocenters. The van der Waals surface area contributed by atoms with Crippen LogP contribution < -0.4 is 0 Å². The van der Waals surface area contributed by atoms with Crippen molar-refractivity contribution in [2.45, 2.75) is 76.9 Å². The highest BCUT2D eigenvalue weighted by Crippen LogP contribution is 2.67. The second kappa shape index (κ2) is 9.13. The zero-order valence-corrected chi connectivity index (χ0v) is 20.9. The second-order valence-electron chi connectivity index (χ2n) is 11.7.